The molecular formula is C20H22F2O3. The Kier molecular flexibility index (Phi) is 6.92. The van der Waals surface area contributed by atoms with E-state index in [1.165, 1.54) is 5.56 Å². The van der Waals surface area contributed by atoms with E-state index in [-0.39, 0.29) is 12.1 Å². The fourth-order valence-corrected chi connectivity index (χ4v) is 2.71. The van der Waals surface area contributed by atoms with Gasteiger partial charge in [0.2, 0.25) is 6.93 Å². The molecule has 1 unspecified atom stereocenters. The first-order valence-electron chi connectivity index (χ1n) is 8.27. The van der Waals surface area contributed by atoms with E-state index < -0.39 is 6.93 Å². The van der Waals surface area contributed by atoms with E-state index >= 15 is 0 Å². The van der Waals surface area contributed by atoms with Gasteiger partial charge in [0, 0.05) is 6.42 Å². The lowest BCUT2D eigenvalue weighted by Crippen LogP contribution is -2.27. The molecule has 3 rings (SSSR count). The number of cyclic esters (lactones) is 1. The Hall–Kier alpha value is -2.43. The largest absolute Gasteiger partial charge is 0.458 e. The van der Waals surface area contributed by atoms with Gasteiger partial charge in [-0.3, -0.25) is 0 Å². The number of carbonyl (C=O) groups is 1. The summed E-state index contributed by atoms with van der Waals surface area (Å²) in [5, 5.41) is 0. The number of hydrogen-bond acceptors (Lipinski definition) is 3. The molecule has 0 saturated heterocycles. The van der Waals surface area contributed by atoms with Gasteiger partial charge in [0.05, 0.1) is 5.56 Å². The Morgan fingerprint density at radius 1 is 1.12 bits per heavy atom. The Morgan fingerprint density at radius 3 is 2.40 bits per heavy atom. The number of ether oxygens (including phenoxy) is 2. The van der Waals surface area contributed by atoms with Crippen LogP contribution in [-0.2, 0) is 11.2 Å². The molecule has 1 aliphatic heterocycles. The van der Waals surface area contributed by atoms with Crippen molar-refractivity contribution in [3.8, 4) is 11.5 Å². The zero-order valence-electron chi connectivity index (χ0n) is 14.4. The number of esters is 1. The molecule has 2 aromatic carbocycles. The fourth-order valence-electron chi connectivity index (χ4n) is 2.71. The molecule has 2 aromatic rings. The summed E-state index contributed by atoms with van der Waals surface area (Å²) in [6.45, 7) is 2.38. The molecular weight excluding hydrogens is 326 g/mol. The third kappa shape index (κ3) is 5.28. The zero-order valence-corrected chi connectivity index (χ0v) is 14.4. The third-order valence-corrected chi connectivity index (χ3v) is 3.89. The van der Waals surface area contributed by atoms with Crippen LogP contribution in [0.25, 0.3) is 0 Å². The number of alkyl halides is 2. The standard InChI is InChI=1S/C19H20O3.CH2F2/c1-3-4-16-11-14-7-10-17(12-18(14)19(20)22-16)21-15-8-5-13(2)6-9-15;2-1-3/h5-10,12,16H,3-4,11H2,1-2H3;1H2. The predicted molar refractivity (Wildman–Crippen MR) is 92.6 cm³/mol. The smallest absolute Gasteiger partial charge is 0.338 e. The second-order valence-electron chi connectivity index (χ2n) is 5.86. The van der Waals surface area contributed by atoms with Gasteiger partial charge in [0.25, 0.3) is 0 Å². The molecule has 0 aromatic heterocycles. The van der Waals surface area contributed by atoms with Crippen LogP contribution in [0.1, 0.15) is 41.3 Å². The highest BCUT2D eigenvalue weighted by atomic mass is 19.3. The maximum atomic E-state index is 12.1. The van der Waals surface area contributed by atoms with E-state index in [9.17, 15) is 13.6 Å². The van der Waals surface area contributed by atoms with Crippen molar-refractivity contribution in [2.45, 2.75) is 39.2 Å². The summed E-state index contributed by atoms with van der Waals surface area (Å²) in [6, 6.07) is 13.5. The van der Waals surface area contributed by atoms with Crippen LogP contribution in [0.5, 0.6) is 11.5 Å². The molecule has 0 radical (unpaired) electrons. The molecule has 25 heavy (non-hydrogen) atoms. The summed E-state index contributed by atoms with van der Waals surface area (Å²) in [7, 11) is 0. The Labute approximate surface area is 146 Å². The molecule has 0 spiro atoms. The van der Waals surface area contributed by atoms with Crippen LogP contribution >= 0.6 is 0 Å². The van der Waals surface area contributed by atoms with Crippen molar-refractivity contribution >= 4 is 5.97 Å². The first kappa shape index (κ1) is 18.9. The summed E-state index contributed by atoms with van der Waals surface area (Å²) in [5.74, 6) is 1.18. The predicted octanol–water partition coefficient (Wildman–Crippen LogP) is 5.55. The Balaban J connectivity index is 0.000000701. The van der Waals surface area contributed by atoms with Crippen LogP contribution in [0.4, 0.5) is 8.78 Å². The molecule has 0 aliphatic carbocycles. The maximum Gasteiger partial charge on any atom is 0.338 e. The lowest BCUT2D eigenvalue weighted by molar-refractivity contribution is 0.0236. The van der Waals surface area contributed by atoms with E-state index in [0.717, 1.165) is 30.6 Å². The lowest BCUT2D eigenvalue weighted by atomic mass is 9.96. The number of carbonyl (C=O) groups excluding carboxylic acids is 1. The van der Waals surface area contributed by atoms with Gasteiger partial charge in [-0.1, -0.05) is 37.1 Å². The highest BCUT2D eigenvalue weighted by Crippen LogP contribution is 2.29. The SMILES string of the molecule is CCCC1Cc2ccc(Oc3ccc(C)cc3)cc2C(=O)O1.FCF. The van der Waals surface area contributed by atoms with Gasteiger partial charge in [-0.05, 0) is 43.2 Å². The van der Waals surface area contributed by atoms with Crippen molar-refractivity contribution < 1.29 is 23.0 Å². The molecule has 0 saturated carbocycles. The van der Waals surface area contributed by atoms with Crippen LogP contribution < -0.4 is 4.74 Å². The van der Waals surface area contributed by atoms with E-state index in [0.29, 0.717) is 11.3 Å². The quantitative estimate of drug-likeness (QED) is 0.679. The molecule has 0 fully saturated rings. The van der Waals surface area contributed by atoms with Crippen molar-refractivity contribution in [3.63, 3.8) is 0 Å². The van der Waals surface area contributed by atoms with Gasteiger partial charge in [0.1, 0.15) is 17.6 Å². The van der Waals surface area contributed by atoms with E-state index in [2.05, 4.69) is 6.92 Å². The van der Waals surface area contributed by atoms with E-state index in [1.54, 1.807) is 6.07 Å². The second-order valence-corrected chi connectivity index (χ2v) is 5.86. The first-order valence-corrected chi connectivity index (χ1v) is 8.27. The molecule has 134 valence electrons. The molecule has 0 N–H and O–H groups in total. The number of hydrogen-bond donors (Lipinski definition) is 0. The summed E-state index contributed by atoms with van der Waals surface area (Å²) < 4.78 is 30.5. The van der Waals surface area contributed by atoms with E-state index in [1.807, 2.05) is 43.3 Å². The third-order valence-electron chi connectivity index (χ3n) is 3.89. The zero-order chi connectivity index (χ0) is 18.2. The van der Waals surface area contributed by atoms with E-state index in [4.69, 9.17) is 9.47 Å². The van der Waals surface area contributed by atoms with Crippen molar-refractivity contribution in [3.05, 3.63) is 59.2 Å². The minimum Gasteiger partial charge on any atom is -0.458 e. The molecule has 0 amide bonds. The number of rotatable bonds is 4. The average Bonchev–Trinajstić information content (AvgIpc) is 2.59. The molecule has 5 heteroatoms. The van der Waals surface area contributed by atoms with Crippen molar-refractivity contribution in [1.82, 2.24) is 0 Å². The maximum absolute atomic E-state index is 12.1. The molecule has 1 heterocycles. The van der Waals surface area contributed by atoms with Crippen molar-refractivity contribution in [2.75, 3.05) is 6.93 Å². The Bertz CT molecular complexity index is 699. The number of aryl methyl sites for hydroxylation is 1. The van der Waals surface area contributed by atoms with Crippen LogP contribution in [0.2, 0.25) is 0 Å². The van der Waals surface area contributed by atoms with Gasteiger partial charge in [-0.15, -0.1) is 0 Å². The topological polar surface area (TPSA) is 35.5 Å². The molecule has 1 aliphatic rings. The van der Waals surface area contributed by atoms with Crippen LogP contribution in [-0.4, -0.2) is 19.0 Å². The number of fused-ring (bicyclic) bond motifs is 1. The van der Waals surface area contributed by atoms with Crippen molar-refractivity contribution in [1.29, 1.82) is 0 Å². The van der Waals surface area contributed by atoms with Crippen LogP contribution in [0, 0.1) is 6.92 Å². The number of halogens is 2. The van der Waals surface area contributed by atoms with Crippen LogP contribution in [0.3, 0.4) is 0 Å². The van der Waals surface area contributed by atoms with Gasteiger partial charge in [0.15, 0.2) is 0 Å². The van der Waals surface area contributed by atoms with Crippen molar-refractivity contribution in [2.24, 2.45) is 0 Å². The van der Waals surface area contributed by atoms with Gasteiger partial charge in [-0.2, -0.15) is 0 Å². The minimum atomic E-state index is -1.75. The monoisotopic (exact) mass is 348 g/mol. The first-order chi connectivity index (χ1) is 12.1. The molecule has 0 bridgehead atoms. The molecule has 1 atom stereocenters. The summed E-state index contributed by atoms with van der Waals surface area (Å²) in [5.41, 5.74) is 2.85. The minimum absolute atomic E-state index is 0.00821. The number of benzene rings is 2. The fraction of sp³-hybridized carbons (Fsp3) is 0.350. The Morgan fingerprint density at radius 2 is 1.76 bits per heavy atom. The van der Waals surface area contributed by atoms with Gasteiger partial charge in [-0.25, -0.2) is 13.6 Å². The summed E-state index contributed by atoms with van der Waals surface area (Å²) in [6.07, 6.45) is 2.72. The van der Waals surface area contributed by atoms with Gasteiger partial charge < -0.3 is 9.47 Å². The summed E-state index contributed by atoms with van der Waals surface area (Å²) >= 11 is 0. The molecule has 3 nitrogen and oxygen atoms in total. The highest BCUT2D eigenvalue weighted by molar-refractivity contribution is 5.92. The second kappa shape index (κ2) is 9.16. The lowest BCUT2D eigenvalue weighted by Gasteiger charge is -2.24. The summed E-state index contributed by atoms with van der Waals surface area (Å²) in [4.78, 5) is 12.1. The highest BCUT2D eigenvalue weighted by Gasteiger charge is 2.26. The van der Waals surface area contributed by atoms with Crippen LogP contribution in [0.15, 0.2) is 42.5 Å². The van der Waals surface area contributed by atoms with Gasteiger partial charge >= 0.3 is 5.97 Å². The normalized spacial score (nSPS) is 15.5. The average molecular weight is 348 g/mol.